The van der Waals surface area contributed by atoms with E-state index in [-0.39, 0.29) is 17.5 Å². The van der Waals surface area contributed by atoms with Crippen LogP contribution in [-0.2, 0) is 4.74 Å². The summed E-state index contributed by atoms with van der Waals surface area (Å²) in [5.74, 6) is 0.824. The Hall–Kier alpha value is -3.50. The summed E-state index contributed by atoms with van der Waals surface area (Å²) in [5, 5.41) is 7.40. The molecule has 3 aromatic rings. The van der Waals surface area contributed by atoms with Crippen molar-refractivity contribution in [2.24, 2.45) is 0 Å². The van der Waals surface area contributed by atoms with Crippen molar-refractivity contribution in [1.82, 2.24) is 9.97 Å². The van der Waals surface area contributed by atoms with E-state index < -0.39 is 0 Å². The Morgan fingerprint density at radius 2 is 1.84 bits per heavy atom. The fourth-order valence-corrected chi connectivity index (χ4v) is 3.67. The van der Waals surface area contributed by atoms with Gasteiger partial charge in [-0.25, -0.2) is 9.97 Å². The van der Waals surface area contributed by atoms with E-state index in [9.17, 15) is 9.59 Å². The van der Waals surface area contributed by atoms with E-state index >= 15 is 0 Å². The molecule has 2 aromatic heterocycles. The third-order valence-corrected chi connectivity index (χ3v) is 5.41. The molecule has 0 bridgehead atoms. The second-order valence-corrected chi connectivity index (χ2v) is 7.54. The molecule has 160 valence electrons. The van der Waals surface area contributed by atoms with Crippen molar-refractivity contribution in [3.05, 3.63) is 59.2 Å². The van der Waals surface area contributed by atoms with Gasteiger partial charge in [-0.2, -0.15) is 0 Å². The number of nitrogens with one attached hydrogen (secondary N) is 2. The van der Waals surface area contributed by atoms with Crippen LogP contribution in [0.4, 0.5) is 16.6 Å². The average molecular weight is 439 g/mol. The van der Waals surface area contributed by atoms with Gasteiger partial charge in [-0.3, -0.25) is 14.9 Å². The summed E-state index contributed by atoms with van der Waals surface area (Å²) in [4.78, 5) is 35.6. The summed E-state index contributed by atoms with van der Waals surface area (Å²) >= 11 is 1.18. The predicted molar refractivity (Wildman–Crippen MR) is 118 cm³/mol. The highest BCUT2D eigenvalue weighted by molar-refractivity contribution is 7.14. The van der Waals surface area contributed by atoms with Gasteiger partial charge in [0.25, 0.3) is 11.8 Å². The SMILES string of the molecule is COc1ccc(C(=O)Nc2nc(C(=O)Nc3ccc(N4CCOCC4)nc3)cs2)cc1. The predicted octanol–water partition coefficient (Wildman–Crippen LogP) is 2.89. The number of anilines is 3. The number of rotatable bonds is 6. The second-order valence-electron chi connectivity index (χ2n) is 6.68. The molecule has 2 N–H and O–H groups in total. The quantitative estimate of drug-likeness (QED) is 0.608. The first-order chi connectivity index (χ1) is 15.1. The second kappa shape index (κ2) is 9.54. The topological polar surface area (TPSA) is 106 Å². The van der Waals surface area contributed by atoms with Crippen LogP contribution in [0.3, 0.4) is 0 Å². The Morgan fingerprint density at radius 3 is 2.52 bits per heavy atom. The van der Waals surface area contributed by atoms with Gasteiger partial charge in [-0.1, -0.05) is 0 Å². The molecule has 31 heavy (non-hydrogen) atoms. The third-order valence-electron chi connectivity index (χ3n) is 4.65. The van der Waals surface area contributed by atoms with E-state index in [0.29, 0.717) is 35.3 Å². The summed E-state index contributed by atoms with van der Waals surface area (Å²) in [6.07, 6.45) is 1.61. The average Bonchev–Trinajstić information content (AvgIpc) is 3.29. The van der Waals surface area contributed by atoms with Crippen molar-refractivity contribution in [2.45, 2.75) is 0 Å². The highest BCUT2D eigenvalue weighted by Crippen LogP contribution is 2.20. The van der Waals surface area contributed by atoms with Crippen LogP contribution in [0.2, 0.25) is 0 Å². The molecule has 0 spiro atoms. The number of aromatic nitrogens is 2. The fraction of sp³-hybridized carbons (Fsp3) is 0.238. The summed E-state index contributed by atoms with van der Waals surface area (Å²) < 4.78 is 10.4. The van der Waals surface area contributed by atoms with Crippen LogP contribution in [0.1, 0.15) is 20.8 Å². The summed E-state index contributed by atoms with van der Waals surface area (Å²) in [7, 11) is 1.56. The molecule has 1 aromatic carbocycles. The first-order valence-electron chi connectivity index (χ1n) is 9.63. The van der Waals surface area contributed by atoms with E-state index in [4.69, 9.17) is 9.47 Å². The minimum absolute atomic E-state index is 0.215. The molecule has 1 aliphatic heterocycles. The number of pyridine rings is 1. The van der Waals surface area contributed by atoms with Crippen molar-refractivity contribution in [2.75, 3.05) is 48.9 Å². The Labute approximate surface area is 183 Å². The molecule has 0 atom stereocenters. The van der Waals surface area contributed by atoms with Crippen LogP contribution in [0.5, 0.6) is 5.75 Å². The minimum atomic E-state index is -0.373. The first-order valence-corrected chi connectivity index (χ1v) is 10.5. The first kappa shape index (κ1) is 20.8. The molecule has 0 radical (unpaired) electrons. The van der Waals surface area contributed by atoms with Crippen LogP contribution in [0, 0.1) is 0 Å². The lowest BCUT2D eigenvalue weighted by Gasteiger charge is -2.27. The van der Waals surface area contributed by atoms with Crippen LogP contribution in [0.25, 0.3) is 0 Å². The highest BCUT2D eigenvalue weighted by Gasteiger charge is 2.15. The molecule has 1 aliphatic rings. The van der Waals surface area contributed by atoms with E-state index in [1.807, 2.05) is 6.07 Å². The number of ether oxygens (including phenoxy) is 2. The van der Waals surface area contributed by atoms with Crippen molar-refractivity contribution in [3.8, 4) is 5.75 Å². The Balaban J connectivity index is 1.34. The number of carbonyl (C=O) groups excluding carboxylic acids is 2. The maximum atomic E-state index is 12.5. The van der Waals surface area contributed by atoms with Crippen molar-refractivity contribution in [3.63, 3.8) is 0 Å². The van der Waals surface area contributed by atoms with Gasteiger partial charge in [-0.15, -0.1) is 11.3 Å². The number of hydrogen-bond acceptors (Lipinski definition) is 8. The molecule has 4 rings (SSSR count). The fourth-order valence-electron chi connectivity index (χ4n) is 2.98. The molecule has 0 aliphatic carbocycles. The monoisotopic (exact) mass is 439 g/mol. The molecule has 10 heteroatoms. The zero-order chi connectivity index (χ0) is 21.6. The number of hydrogen-bond donors (Lipinski definition) is 2. The van der Waals surface area contributed by atoms with E-state index in [0.717, 1.165) is 18.9 Å². The molecule has 3 heterocycles. The lowest BCUT2D eigenvalue weighted by atomic mass is 10.2. The van der Waals surface area contributed by atoms with Gasteiger partial charge < -0.3 is 19.7 Å². The zero-order valence-corrected chi connectivity index (χ0v) is 17.6. The standard InChI is InChI=1S/C21H21N5O4S/c1-29-16-5-2-14(3-6-16)19(27)25-21-24-17(13-31-21)20(28)23-15-4-7-18(22-12-15)26-8-10-30-11-9-26/h2-7,12-13H,8-11H2,1H3,(H,23,28)(H,24,25,27). The lowest BCUT2D eigenvalue weighted by Crippen LogP contribution is -2.36. The van der Waals surface area contributed by atoms with Gasteiger partial charge in [0, 0.05) is 24.0 Å². The zero-order valence-electron chi connectivity index (χ0n) is 16.8. The van der Waals surface area contributed by atoms with Gasteiger partial charge >= 0.3 is 0 Å². The third kappa shape index (κ3) is 5.16. The molecular weight excluding hydrogens is 418 g/mol. The van der Waals surface area contributed by atoms with Crippen molar-refractivity contribution >= 4 is 39.8 Å². The summed E-state index contributed by atoms with van der Waals surface area (Å²) in [6, 6.07) is 10.4. The highest BCUT2D eigenvalue weighted by atomic mass is 32.1. The normalized spacial score (nSPS) is 13.5. The molecule has 9 nitrogen and oxygen atoms in total. The molecule has 0 unspecified atom stereocenters. The van der Waals surface area contributed by atoms with Crippen molar-refractivity contribution < 1.29 is 19.1 Å². The number of thiazole rings is 1. The molecular formula is C21H21N5O4S. The van der Waals surface area contributed by atoms with E-state index in [1.54, 1.807) is 49.0 Å². The number of carbonyl (C=O) groups is 2. The number of morpholine rings is 1. The van der Waals surface area contributed by atoms with Crippen molar-refractivity contribution in [1.29, 1.82) is 0 Å². The van der Waals surface area contributed by atoms with Crippen LogP contribution in [0.15, 0.2) is 48.0 Å². The summed E-state index contributed by atoms with van der Waals surface area (Å²) in [6.45, 7) is 2.95. The molecule has 0 saturated carbocycles. The number of benzene rings is 1. The van der Waals surface area contributed by atoms with Gasteiger partial charge in [0.1, 0.15) is 17.3 Å². The Bertz CT molecular complexity index is 1050. The number of amides is 2. The Kier molecular flexibility index (Phi) is 6.39. The number of methoxy groups -OCH3 is 1. The maximum absolute atomic E-state index is 12.5. The van der Waals surface area contributed by atoms with Gasteiger partial charge in [0.05, 0.1) is 32.2 Å². The summed E-state index contributed by atoms with van der Waals surface area (Å²) in [5.41, 5.74) is 1.25. The van der Waals surface area contributed by atoms with Crippen LogP contribution >= 0.6 is 11.3 Å². The maximum Gasteiger partial charge on any atom is 0.275 e. The van der Waals surface area contributed by atoms with Crippen LogP contribution in [-0.4, -0.2) is 55.2 Å². The lowest BCUT2D eigenvalue weighted by molar-refractivity contribution is 0.101. The van der Waals surface area contributed by atoms with Gasteiger partial charge in [-0.05, 0) is 36.4 Å². The Morgan fingerprint density at radius 1 is 1.06 bits per heavy atom. The smallest absolute Gasteiger partial charge is 0.275 e. The molecule has 1 fully saturated rings. The van der Waals surface area contributed by atoms with Gasteiger partial charge in [0.15, 0.2) is 5.13 Å². The number of nitrogens with zero attached hydrogens (tertiary/aromatic N) is 3. The molecule has 1 saturated heterocycles. The van der Waals surface area contributed by atoms with Crippen LogP contribution < -0.4 is 20.3 Å². The minimum Gasteiger partial charge on any atom is -0.497 e. The van der Waals surface area contributed by atoms with E-state index in [2.05, 4.69) is 25.5 Å². The largest absolute Gasteiger partial charge is 0.497 e. The van der Waals surface area contributed by atoms with Gasteiger partial charge in [0.2, 0.25) is 0 Å². The van der Waals surface area contributed by atoms with E-state index in [1.165, 1.54) is 11.3 Å². The molecule has 2 amide bonds.